The SMILES string of the molecule is Cc1nccn1CC1(CNc2cc([C@H]3CCOC3)nc(N)n2)CC1. The number of nitrogens with zero attached hydrogens (tertiary/aromatic N) is 4. The molecule has 1 atom stereocenters. The van der Waals surface area contributed by atoms with E-state index in [4.69, 9.17) is 10.5 Å². The van der Waals surface area contributed by atoms with Crippen LogP contribution in [-0.2, 0) is 11.3 Å². The first-order valence-electron chi connectivity index (χ1n) is 8.57. The highest BCUT2D eigenvalue weighted by Gasteiger charge is 2.43. The number of anilines is 2. The van der Waals surface area contributed by atoms with Crippen LogP contribution in [0.4, 0.5) is 11.8 Å². The molecule has 2 fully saturated rings. The molecule has 1 aliphatic heterocycles. The largest absolute Gasteiger partial charge is 0.381 e. The first-order chi connectivity index (χ1) is 11.6. The third kappa shape index (κ3) is 3.21. The van der Waals surface area contributed by atoms with E-state index < -0.39 is 0 Å². The summed E-state index contributed by atoms with van der Waals surface area (Å²) in [4.78, 5) is 13.0. The average molecular weight is 328 g/mol. The van der Waals surface area contributed by atoms with Crippen LogP contribution in [0.5, 0.6) is 0 Å². The summed E-state index contributed by atoms with van der Waals surface area (Å²) in [5.74, 6) is 2.55. The third-order valence-electron chi connectivity index (χ3n) is 5.14. The lowest BCUT2D eigenvalue weighted by Crippen LogP contribution is -2.22. The maximum Gasteiger partial charge on any atom is 0.222 e. The number of hydrogen-bond donors (Lipinski definition) is 2. The van der Waals surface area contributed by atoms with E-state index in [1.165, 1.54) is 12.8 Å². The smallest absolute Gasteiger partial charge is 0.222 e. The van der Waals surface area contributed by atoms with Crippen molar-refractivity contribution in [2.45, 2.75) is 38.6 Å². The summed E-state index contributed by atoms with van der Waals surface area (Å²) in [5.41, 5.74) is 7.17. The number of imidazole rings is 1. The highest BCUT2D eigenvalue weighted by Crippen LogP contribution is 2.47. The van der Waals surface area contributed by atoms with Crippen LogP contribution >= 0.6 is 0 Å². The molecule has 2 aromatic heterocycles. The quantitative estimate of drug-likeness (QED) is 0.842. The molecule has 0 aromatic carbocycles. The van der Waals surface area contributed by atoms with Gasteiger partial charge in [-0.15, -0.1) is 0 Å². The average Bonchev–Trinajstić information content (AvgIpc) is 2.96. The van der Waals surface area contributed by atoms with Crippen LogP contribution in [0.1, 0.15) is 36.7 Å². The molecule has 0 spiro atoms. The molecule has 2 aliphatic rings. The van der Waals surface area contributed by atoms with Crippen LogP contribution in [0.25, 0.3) is 0 Å². The van der Waals surface area contributed by atoms with E-state index in [-0.39, 0.29) is 0 Å². The molecule has 7 nitrogen and oxygen atoms in total. The van der Waals surface area contributed by atoms with Gasteiger partial charge in [0.05, 0.1) is 12.3 Å². The van der Waals surface area contributed by atoms with Crippen molar-refractivity contribution in [1.29, 1.82) is 0 Å². The Hall–Kier alpha value is -2.15. The van der Waals surface area contributed by atoms with Gasteiger partial charge in [0.15, 0.2) is 0 Å². The summed E-state index contributed by atoms with van der Waals surface area (Å²) in [7, 11) is 0. The van der Waals surface area contributed by atoms with Crippen molar-refractivity contribution in [3.63, 3.8) is 0 Å². The van der Waals surface area contributed by atoms with Gasteiger partial charge in [0.1, 0.15) is 11.6 Å². The van der Waals surface area contributed by atoms with E-state index >= 15 is 0 Å². The van der Waals surface area contributed by atoms with Gasteiger partial charge in [0.25, 0.3) is 0 Å². The first-order valence-corrected chi connectivity index (χ1v) is 8.57. The zero-order valence-electron chi connectivity index (χ0n) is 14.0. The predicted octanol–water partition coefficient (Wildman–Crippen LogP) is 1.96. The van der Waals surface area contributed by atoms with E-state index in [1.54, 1.807) is 0 Å². The molecule has 0 radical (unpaired) electrons. The van der Waals surface area contributed by atoms with Crippen molar-refractivity contribution < 1.29 is 4.74 Å². The van der Waals surface area contributed by atoms with Gasteiger partial charge >= 0.3 is 0 Å². The van der Waals surface area contributed by atoms with Crippen LogP contribution < -0.4 is 11.1 Å². The molecule has 0 unspecified atom stereocenters. The molecular weight excluding hydrogens is 304 g/mol. The van der Waals surface area contributed by atoms with Crippen LogP contribution in [-0.4, -0.2) is 39.3 Å². The molecule has 3 N–H and O–H groups in total. The van der Waals surface area contributed by atoms with Gasteiger partial charge in [-0.1, -0.05) is 0 Å². The summed E-state index contributed by atoms with van der Waals surface area (Å²) in [6.45, 7) is 5.45. The molecule has 1 saturated heterocycles. The van der Waals surface area contributed by atoms with Crippen molar-refractivity contribution in [2.75, 3.05) is 30.8 Å². The van der Waals surface area contributed by atoms with E-state index in [2.05, 4.69) is 31.0 Å². The Morgan fingerprint density at radius 2 is 2.29 bits per heavy atom. The fourth-order valence-electron chi connectivity index (χ4n) is 3.33. The van der Waals surface area contributed by atoms with Crippen molar-refractivity contribution in [3.05, 3.63) is 30.0 Å². The van der Waals surface area contributed by atoms with E-state index in [1.807, 2.05) is 19.2 Å². The van der Waals surface area contributed by atoms with Crippen molar-refractivity contribution in [2.24, 2.45) is 5.41 Å². The standard InChI is InChI=1S/C17H24N6O/c1-12-19-5-6-23(12)11-17(3-4-17)10-20-15-8-14(21-16(18)22-15)13-2-7-24-9-13/h5-6,8,13H,2-4,7,9-11H2,1H3,(H3,18,20,21,22)/t13-/m0/s1. The Labute approximate surface area is 141 Å². The summed E-state index contributed by atoms with van der Waals surface area (Å²) in [5, 5.41) is 3.48. The number of nitrogens with one attached hydrogen (secondary N) is 1. The third-order valence-corrected chi connectivity index (χ3v) is 5.14. The van der Waals surface area contributed by atoms with Crippen LogP contribution in [0.3, 0.4) is 0 Å². The van der Waals surface area contributed by atoms with E-state index in [0.717, 1.165) is 50.1 Å². The molecular formula is C17H24N6O. The fourth-order valence-corrected chi connectivity index (χ4v) is 3.33. The molecule has 4 rings (SSSR count). The van der Waals surface area contributed by atoms with Gasteiger partial charge in [-0.25, -0.2) is 9.97 Å². The number of aryl methyl sites for hydroxylation is 1. The topological polar surface area (TPSA) is 90.9 Å². The van der Waals surface area contributed by atoms with Crippen molar-refractivity contribution in [1.82, 2.24) is 19.5 Å². The number of nitrogen functional groups attached to an aromatic ring is 1. The van der Waals surface area contributed by atoms with Gasteiger partial charge in [-0.05, 0) is 26.2 Å². The number of ether oxygens (including phenoxy) is 1. The number of rotatable bonds is 6. The summed E-state index contributed by atoms with van der Waals surface area (Å²) >= 11 is 0. The van der Waals surface area contributed by atoms with Crippen LogP contribution in [0.15, 0.2) is 18.5 Å². The van der Waals surface area contributed by atoms with E-state index in [0.29, 0.717) is 17.3 Å². The normalized spacial score (nSPS) is 21.8. The number of aromatic nitrogens is 4. The summed E-state index contributed by atoms with van der Waals surface area (Å²) in [6, 6.07) is 2.02. The molecule has 24 heavy (non-hydrogen) atoms. The Balaban J connectivity index is 1.43. The van der Waals surface area contributed by atoms with Crippen LogP contribution in [0, 0.1) is 12.3 Å². The Morgan fingerprint density at radius 3 is 2.96 bits per heavy atom. The lowest BCUT2D eigenvalue weighted by Gasteiger charge is -2.18. The highest BCUT2D eigenvalue weighted by molar-refractivity contribution is 5.42. The lowest BCUT2D eigenvalue weighted by molar-refractivity contribution is 0.193. The molecule has 7 heteroatoms. The molecule has 1 saturated carbocycles. The minimum Gasteiger partial charge on any atom is -0.381 e. The number of hydrogen-bond acceptors (Lipinski definition) is 6. The van der Waals surface area contributed by atoms with Crippen LogP contribution in [0.2, 0.25) is 0 Å². The highest BCUT2D eigenvalue weighted by atomic mass is 16.5. The Bertz CT molecular complexity index is 718. The summed E-state index contributed by atoms with van der Waals surface area (Å²) in [6.07, 6.45) is 7.36. The predicted molar refractivity (Wildman–Crippen MR) is 91.7 cm³/mol. The Kier molecular flexibility index (Phi) is 3.88. The maximum atomic E-state index is 5.90. The number of nitrogens with two attached hydrogens (primary N) is 1. The lowest BCUT2D eigenvalue weighted by atomic mass is 10.0. The van der Waals surface area contributed by atoms with Crippen molar-refractivity contribution in [3.8, 4) is 0 Å². The van der Waals surface area contributed by atoms with E-state index in [9.17, 15) is 0 Å². The minimum atomic E-state index is 0.293. The molecule has 128 valence electrons. The summed E-state index contributed by atoms with van der Waals surface area (Å²) < 4.78 is 7.68. The zero-order valence-corrected chi connectivity index (χ0v) is 14.0. The maximum absolute atomic E-state index is 5.90. The molecule has 0 bridgehead atoms. The van der Waals surface area contributed by atoms with Gasteiger partial charge in [-0.3, -0.25) is 0 Å². The second-order valence-corrected chi connectivity index (χ2v) is 7.05. The fraction of sp³-hybridized carbons (Fsp3) is 0.588. The monoisotopic (exact) mass is 328 g/mol. The van der Waals surface area contributed by atoms with Gasteiger partial charge in [-0.2, -0.15) is 4.98 Å². The Morgan fingerprint density at radius 1 is 1.42 bits per heavy atom. The van der Waals surface area contributed by atoms with Gasteiger partial charge in [0.2, 0.25) is 5.95 Å². The molecule has 2 aromatic rings. The molecule has 1 aliphatic carbocycles. The van der Waals surface area contributed by atoms with Gasteiger partial charge in [0, 0.05) is 49.5 Å². The van der Waals surface area contributed by atoms with Gasteiger partial charge < -0.3 is 20.4 Å². The second kappa shape index (κ2) is 6.05. The van der Waals surface area contributed by atoms with Crippen molar-refractivity contribution >= 4 is 11.8 Å². The molecule has 0 amide bonds. The minimum absolute atomic E-state index is 0.293. The first kappa shape index (κ1) is 15.4. The second-order valence-electron chi connectivity index (χ2n) is 7.05. The zero-order chi connectivity index (χ0) is 16.6. The molecule has 3 heterocycles.